The normalized spacial score (nSPS) is 12.2. The first-order valence-corrected chi connectivity index (χ1v) is 6.56. The van der Waals surface area contributed by atoms with Crippen molar-refractivity contribution in [3.05, 3.63) is 30.6 Å². The topological polar surface area (TPSA) is 85.8 Å². The van der Waals surface area contributed by atoms with Gasteiger partial charge in [-0.25, -0.2) is 0 Å². The number of nitrogens with two attached hydrogens (primary N) is 1. The minimum Gasteiger partial charge on any atom is -0.325 e. The molecule has 100 valence electrons. The summed E-state index contributed by atoms with van der Waals surface area (Å²) in [4.78, 5) is 12.5. The van der Waals surface area contributed by atoms with Gasteiger partial charge >= 0.3 is 0 Å². The van der Waals surface area contributed by atoms with Gasteiger partial charge in [-0.3, -0.25) is 4.79 Å². The molecular weight excluding hydrogens is 262 g/mol. The fraction of sp³-hybridized carbons (Fsp3) is 0.250. The van der Waals surface area contributed by atoms with E-state index in [1.165, 1.54) is 11.8 Å². The van der Waals surface area contributed by atoms with E-state index in [4.69, 9.17) is 5.73 Å². The van der Waals surface area contributed by atoms with Crippen LogP contribution in [-0.2, 0) is 11.8 Å². The lowest BCUT2D eigenvalue weighted by Crippen LogP contribution is -2.32. The largest absolute Gasteiger partial charge is 0.325 e. The zero-order valence-corrected chi connectivity index (χ0v) is 11.5. The third-order valence-corrected chi connectivity index (χ3v) is 3.47. The van der Waals surface area contributed by atoms with Crippen LogP contribution in [0.25, 0.3) is 0 Å². The molecule has 6 nitrogen and oxygen atoms in total. The lowest BCUT2D eigenvalue weighted by atomic mass is 10.3. The Hall–Kier alpha value is -1.86. The van der Waals surface area contributed by atoms with Gasteiger partial charge in [0, 0.05) is 17.6 Å². The Kier molecular flexibility index (Phi) is 4.18. The van der Waals surface area contributed by atoms with Crippen LogP contribution >= 0.6 is 11.8 Å². The van der Waals surface area contributed by atoms with Gasteiger partial charge in [0.2, 0.25) is 5.91 Å². The molecule has 0 aliphatic rings. The number of amides is 1. The minimum atomic E-state index is -0.521. The number of aryl methyl sites for hydroxylation is 1. The van der Waals surface area contributed by atoms with Crippen molar-refractivity contribution in [3.63, 3.8) is 0 Å². The van der Waals surface area contributed by atoms with Crippen molar-refractivity contribution in [1.82, 2.24) is 14.8 Å². The van der Waals surface area contributed by atoms with Crippen LogP contribution in [0.4, 0.5) is 5.69 Å². The number of hydrogen-bond acceptors (Lipinski definition) is 5. The number of hydrogen-bond donors (Lipinski definition) is 2. The van der Waals surface area contributed by atoms with E-state index in [-0.39, 0.29) is 5.91 Å². The van der Waals surface area contributed by atoms with Crippen LogP contribution in [0.2, 0.25) is 0 Å². The Labute approximate surface area is 115 Å². The molecule has 2 aromatic rings. The van der Waals surface area contributed by atoms with Crippen LogP contribution in [0.1, 0.15) is 6.92 Å². The summed E-state index contributed by atoms with van der Waals surface area (Å²) in [5, 5.41) is 11.4. The number of carbonyl (C=O) groups excluding carboxylic acids is 1. The molecule has 1 aromatic carbocycles. The van der Waals surface area contributed by atoms with Crippen LogP contribution in [0, 0.1) is 0 Å². The molecule has 0 aliphatic carbocycles. The highest BCUT2D eigenvalue weighted by molar-refractivity contribution is 7.99. The number of nitrogens with one attached hydrogen (secondary N) is 1. The smallest absolute Gasteiger partial charge is 0.240 e. The highest BCUT2D eigenvalue weighted by atomic mass is 32.2. The molecule has 2 rings (SSSR count). The predicted octanol–water partition coefficient (Wildman–Crippen LogP) is 1.25. The van der Waals surface area contributed by atoms with Gasteiger partial charge in [0.05, 0.1) is 6.04 Å². The molecule has 19 heavy (non-hydrogen) atoms. The third kappa shape index (κ3) is 3.55. The van der Waals surface area contributed by atoms with E-state index in [0.717, 1.165) is 15.7 Å². The second-order valence-electron chi connectivity index (χ2n) is 4.13. The Balaban J connectivity index is 2.03. The molecule has 1 aromatic heterocycles. The van der Waals surface area contributed by atoms with E-state index in [0.29, 0.717) is 0 Å². The third-order valence-electron chi connectivity index (χ3n) is 2.41. The minimum absolute atomic E-state index is 0.200. The first-order chi connectivity index (χ1) is 9.06. The van der Waals surface area contributed by atoms with Crippen LogP contribution in [-0.4, -0.2) is 26.7 Å². The fourth-order valence-corrected chi connectivity index (χ4v) is 2.09. The van der Waals surface area contributed by atoms with Crippen LogP contribution in [0.15, 0.2) is 40.6 Å². The summed E-state index contributed by atoms with van der Waals surface area (Å²) in [7, 11) is 1.89. The molecule has 7 heteroatoms. The molecule has 3 N–H and O–H groups in total. The zero-order valence-electron chi connectivity index (χ0n) is 10.7. The van der Waals surface area contributed by atoms with Gasteiger partial charge in [-0.2, -0.15) is 0 Å². The molecule has 0 saturated heterocycles. The second kappa shape index (κ2) is 5.85. The molecule has 1 heterocycles. The SMILES string of the molecule is C[C@H](N)C(=O)Nc1ccc(Sc2nncn2C)cc1. The summed E-state index contributed by atoms with van der Waals surface area (Å²) in [6.45, 7) is 1.65. The first-order valence-electron chi connectivity index (χ1n) is 5.74. The van der Waals surface area contributed by atoms with Gasteiger partial charge in [0.15, 0.2) is 5.16 Å². The van der Waals surface area contributed by atoms with Gasteiger partial charge in [0.1, 0.15) is 6.33 Å². The summed E-state index contributed by atoms with van der Waals surface area (Å²) >= 11 is 1.51. The maximum atomic E-state index is 11.4. The quantitative estimate of drug-likeness (QED) is 0.878. The molecule has 0 aliphatic heterocycles. The lowest BCUT2D eigenvalue weighted by molar-refractivity contribution is -0.117. The number of aromatic nitrogens is 3. The van der Waals surface area contributed by atoms with Crippen molar-refractivity contribution in [2.75, 3.05) is 5.32 Å². The monoisotopic (exact) mass is 277 g/mol. The summed E-state index contributed by atoms with van der Waals surface area (Å²) in [5.74, 6) is -0.200. The molecule has 0 radical (unpaired) electrons. The average molecular weight is 277 g/mol. The summed E-state index contributed by atoms with van der Waals surface area (Å²) in [6.07, 6.45) is 1.65. The molecular formula is C12H15N5OS. The Morgan fingerprint density at radius 1 is 1.42 bits per heavy atom. The van der Waals surface area contributed by atoms with E-state index in [2.05, 4.69) is 15.5 Å². The first kappa shape index (κ1) is 13.6. The highest BCUT2D eigenvalue weighted by Gasteiger charge is 2.08. The van der Waals surface area contributed by atoms with Crippen LogP contribution < -0.4 is 11.1 Å². The van der Waals surface area contributed by atoms with Crippen LogP contribution in [0.3, 0.4) is 0 Å². The van der Waals surface area contributed by atoms with E-state index in [1.54, 1.807) is 13.3 Å². The maximum absolute atomic E-state index is 11.4. The van der Waals surface area contributed by atoms with Crippen molar-refractivity contribution in [2.24, 2.45) is 12.8 Å². The van der Waals surface area contributed by atoms with Crippen LogP contribution in [0.5, 0.6) is 0 Å². The van der Waals surface area contributed by atoms with Gasteiger partial charge in [-0.05, 0) is 43.0 Å². The lowest BCUT2D eigenvalue weighted by Gasteiger charge is -2.08. The number of nitrogens with zero attached hydrogens (tertiary/aromatic N) is 3. The number of carbonyl (C=O) groups is 1. The Morgan fingerprint density at radius 2 is 2.11 bits per heavy atom. The van der Waals surface area contributed by atoms with Gasteiger partial charge < -0.3 is 15.6 Å². The molecule has 0 fully saturated rings. The predicted molar refractivity (Wildman–Crippen MR) is 73.8 cm³/mol. The molecule has 0 saturated carbocycles. The Morgan fingerprint density at radius 3 is 2.63 bits per heavy atom. The standard InChI is InChI=1S/C12H15N5OS/c1-8(13)11(18)15-9-3-5-10(6-4-9)19-12-16-14-7-17(12)2/h3-8H,13H2,1-2H3,(H,15,18)/t8-/m0/s1. The van der Waals surface area contributed by atoms with E-state index >= 15 is 0 Å². The van der Waals surface area contributed by atoms with Crippen molar-refractivity contribution >= 4 is 23.4 Å². The van der Waals surface area contributed by atoms with E-state index in [9.17, 15) is 4.79 Å². The number of benzene rings is 1. The zero-order chi connectivity index (χ0) is 13.8. The van der Waals surface area contributed by atoms with Gasteiger partial charge in [0.25, 0.3) is 0 Å². The maximum Gasteiger partial charge on any atom is 0.240 e. The average Bonchev–Trinajstić information content (AvgIpc) is 2.77. The van der Waals surface area contributed by atoms with Crippen molar-refractivity contribution < 1.29 is 4.79 Å². The fourth-order valence-electron chi connectivity index (χ4n) is 1.33. The summed E-state index contributed by atoms with van der Waals surface area (Å²) in [5.41, 5.74) is 6.21. The van der Waals surface area contributed by atoms with Gasteiger partial charge in [-0.15, -0.1) is 10.2 Å². The molecule has 0 bridgehead atoms. The molecule has 1 amide bonds. The van der Waals surface area contributed by atoms with Crippen molar-refractivity contribution in [2.45, 2.75) is 23.0 Å². The van der Waals surface area contributed by atoms with E-state index < -0.39 is 6.04 Å². The molecule has 0 unspecified atom stereocenters. The highest BCUT2D eigenvalue weighted by Crippen LogP contribution is 2.26. The molecule has 0 spiro atoms. The summed E-state index contributed by atoms with van der Waals surface area (Å²) < 4.78 is 1.84. The summed E-state index contributed by atoms with van der Waals surface area (Å²) in [6, 6.07) is 6.97. The number of rotatable bonds is 4. The Bertz CT molecular complexity index is 564. The van der Waals surface area contributed by atoms with Crippen molar-refractivity contribution in [3.8, 4) is 0 Å². The number of anilines is 1. The second-order valence-corrected chi connectivity index (χ2v) is 5.17. The molecule has 1 atom stereocenters. The van der Waals surface area contributed by atoms with Crippen molar-refractivity contribution in [1.29, 1.82) is 0 Å². The van der Waals surface area contributed by atoms with Gasteiger partial charge in [-0.1, -0.05) is 0 Å². The van der Waals surface area contributed by atoms with E-state index in [1.807, 2.05) is 35.9 Å².